The lowest BCUT2D eigenvalue weighted by Gasteiger charge is -2.09. The zero-order chi connectivity index (χ0) is 25.5. The minimum atomic E-state index is -0.355. The van der Waals surface area contributed by atoms with Gasteiger partial charge in [-0.2, -0.15) is 10.2 Å². The van der Waals surface area contributed by atoms with Gasteiger partial charge in [-0.25, -0.2) is 4.68 Å². The van der Waals surface area contributed by atoms with Crippen LogP contribution in [0.5, 0.6) is 17.2 Å². The molecule has 2 aromatic carbocycles. The number of ether oxygens (including phenoxy) is 3. The number of methoxy groups -OCH3 is 2. The molecule has 10 heteroatoms. The van der Waals surface area contributed by atoms with Crippen LogP contribution in [-0.2, 0) is 6.54 Å². The van der Waals surface area contributed by atoms with Crippen LogP contribution in [0.25, 0.3) is 22.5 Å². The van der Waals surface area contributed by atoms with Crippen molar-refractivity contribution < 1.29 is 19.0 Å². The van der Waals surface area contributed by atoms with Crippen LogP contribution in [0.2, 0.25) is 0 Å². The van der Waals surface area contributed by atoms with Crippen LogP contribution < -0.4 is 25.1 Å². The van der Waals surface area contributed by atoms with E-state index in [0.29, 0.717) is 35.1 Å². The van der Waals surface area contributed by atoms with Crippen molar-refractivity contribution in [3.8, 4) is 39.8 Å². The Balaban J connectivity index is 1.41. The summed E-state index contributed by atoms with van der Waals surface area (Å²) in [6.45, 7) is 2.92. The summed E-state index contributed by atoms with van der Waals surface area (Å²) < 4.78 is 17.5. The molecule has 0 saturated heterocycles. The second-order valence-corrected chi connectivity index (χ2v) is 7.73. The Labute approximate surface area is 207 Å². The van der Waals surface area contributed by atoms with Crippen molar-refractivity contribution in [3.63, 3.8) is 0 Å². The predicted molar refractivity (Wildman–Crippen MR) is 135 cm³/mol. The average Bonchev–Trinajstić information content (AvgIpc) is 3.40. The van der Waals surface area contributed by atoms with E-state index in [1.807, 2.05) is 31.2 Å². The van der Waals surface area contributed by atoms with Crippen LogP contribution >= 0.6 is 0 Å². The monoisotopic (exact) mass is 489 g/mol. The number of amides is 1. The summed E-state index contributed by atoms with van der Waals surface area (Å²) in [6.07, 6.45) is 0. The first-order valence-electron chi connectivity index (χ1n) is 11.4. The quantitative estimate of drug-likeness (QED) is 0.351. The molecule has 2 heterocycles. The molecule has 0 atom stereocenters. The first-order chi connectivity index (χ1) is 17.5. The van der Waals surface area contributed by atoms with Gasteiger partial charge in [0.15, 0.2) is 0 Å². The molecule has 186 valence electrons. The Morgan fingerprint density at radius 1 is 0.972 bits per heavy atom. The highest BCUT2D eigenvalue weighted by Gasteiger charge is 2.15. The number of rotatable bonds is 10. The van der Waals surface area contributed by atoms with Crippen molar-refractivity contribution in [2.75, 3.05) is 27.4 Å². The summed E-state index contributed by atoms with van der Waals surface area (Å²) in [4.78, 5) is 24.9. The second kappa shape index (κ2) is 11.2. The number of hydrogen-bond donors (Lipinski definition) is 2. The smallest absolute Gasteiger partial charge is 0.269 e. The fraction of sp³-hybridized carbons (Fsp3) is 0.231. The molecular formula is C26H27N5O5. The Hall–Kier alpha value is -4.60. The molecule has 0 bridgehead atoms. The highest BCUT2D eigenvalue weighted by molar-refractivity contribution is 5.93. The molecule has 0 aliphatic rings. The van der Waals surface area contributed by atoms with Crippen molar-refractivity contribution in [1.82, 2.24) is 25.3 Å². The number of aromatic amines is 1. The lowest BCUT2D eigenvalue weighted by molar-refractivity contribution is 0.0946. The van der Waals surface area contributed by atoms with Crippen LogP contribution in [0.1, 0.15) is 17.4 Å². The van der Waals surface area contributed by atoms with E-state index in [4.69, 9.17) is 14.2 Å². The Morgan fingerprint density at radius 2 is 1.75 bits per heavy atom. The van der Waals surface area contributed by atoms with Gasteiger partial charge < -0.3 is 19.5 Å². The van der Waals surface area contributed by atoms with Crippen LogP contribution in [0, 0.1) is 0 Å². The van der Waals surface area contributed by atoms with E-state index in [1.165, 1.54) is 10.7 Å². The van der Waals surface area contributed by atoms with E-state index in [-0.39, 0.29) is 30.2 Å². The SMILES string of the molecule is CCOc1ccc(-c2ccc(=O)n(CCNC(=O)c3cc(-c4cc(OC)ccc4OC)n[nH]3)n2)cc1. The molecule has 0 saturated carbocycles. The summed E-state index contributed by atoms with van der Waals surface area (Å²) in [5, 5.41) is 14.2. The molecule has 0 unspecified atom stereocenters. The number of aromatic nitrogens is 4. The lowest BCUT2D eigenvalue weighted by Crippen LogP contribution is -2.32. The van der Waals surface area contributed by atoms with Crippen molar-refractivity contribution in [3.05, 3.63) is 76.7 Å². The van der Waals surface area contributed by atoms with Crippen molar-refractivity contribution in [2.45, 2.75) is 13.5 Å². The first-order valence-corrected chi connectivity index (χ1v) is 11.4. The lowest BCUT2D eigenvalue weighted by atomic mass is 10.1. The summed E-state index contributed by atoms with van der Waals surface area (Å²) >= 11 is 0. The van der Waals surface area contributed by atoms with Gasteiger partial charge in [0.05, 0.1) is 38.8 Å². The van der Waals surface area contributed by atoms with Gasteiger partial charge >= 0.3 is 0 Å². The Bertz CT molecular complexity index is 1390. The summed E-state index contributed by atoms with van der Waals surface area (Å²) in [5.41, 5.74) is 2.75. The summed E-state index contributed by atoms with van der Waals surface area (Å²) in [5.74, 6) is 1.66. The summed E-state index contributed by atoms with van der Waals surface area (Å²) in [6, 6.07) is 17.6. The first kappa shape index (κ1) is 24.5. The average molecular weight is 490 g/mol. The van der Waals surface area contributed by atoms with E-state index in [0.717, 1.165) is 11.3 Å². The van der Waals surface area contributed by atoms with Crippen LogP contribution in [-0.4, -0.2) is 53.3 Å². The van der Waals surface area contributed by atoms with E-state index >= 15 is 0 Å². The third-order valence-electron chi connectivity index (χ3n) is 5.44. The van der Waals surface area contributed by atoms with Gasteiger partial charge in [0.2, 0.25) is 0 Å². The number of nitrogens with zero attached hydrogens (tertiary/aromatic N) is 3. The molecule has 2 aromatic heterocycles. The topological polar surface area (TPSA) is 120 Å². The fourth-order valence-corrected chi connectivity index (χ4v) is 3.61. The van der Waals surface area contributed by atoms with Gasteiger partial charge in [-0.15, -0.1) is 0 Å². The maximum atomic E-state index is 12.7. The molecule has 1 amide bonds. The number of nitrogens with one attached hydrogen (secondary N) is 2. The fourth-order valence-electron chi connectivity index (χ4n) is 3.61. The highest BCUT2D eigenvalue weighted by atomic mass is 16.5. The molecule has 0 spiro atoms. The van der Waals surface area contributed by atoms with Gasteiger partial charge in [-0.3, -0.25) is 14.7 Å². The molecule has 4 aromatic rings. The van der Waals surface area contributed by atoms with E-state index in [1.54, 1.807) is 44.6 Å². The van der Waals surface area contributed by atoms with Crippen LogP contribution in [0.3, 0.4) is 0 Å². The van der Waals surface area contributed by atoms with Gasteiger partial charge in [0.25, 0.3) is 11.5 Å². The van der Waals surface area contributed by atoms with Gasteiger partial charge in [-0.05, 0) is 61.5 Å². The molecule has 2 N–H and O–H groups in total. The van der Waals surface area contributed by atoms with Crippen molar-refractivity contribution >= 4 is 5.91 Å². The largest absolute Gasteiger partial charge is 0.497 e. The molecule has 0 radical (unpaired) electrons. The third kappa shape index (κ3) is 5.54. The second-order valence-electron chi connectivity index (χ2n) is 7.73. The third-order valence-corrected chi connectivity index (χ3v) is 5.44. The molecule has 0 fully saturated rings. The minimum absolute atomic E-state index is 0.204. The van der Waals surface area contributed by atoms with Crippen LogP contribution in [0.15, 0.2) is 65.5 Å². The zero-order valence-corrected chi connectivity index (χ0v) is 20.3. The number of hydrogen-bond acceptors (Lipinski definition) is 7. The molecule has 0 aliphatic heterocycles. The Morgan fingerprint density at radius 3 is 2.47 bits per heavy atom. The predicted octanol–water partition coefficient (Wildman–Crippen LogP) is 3.15. The van der Waals surface area contributed by atoms with E-state index in [2.05, 4.69) is 20.6 Å². The standard InChI is InChI=1S/C26H27N5O5/c1-4-36-18-7-5-17(6-8-18)21-10-12-25(32)31(30-21)14-13-27-26(33)23-16-22(28-29-23)20-15-19(34-2)9-11-24(20)35-3/h5-12,15-16H,4,13-14H2,1-3H3,(H,27,33)(H,28,29). The van der Waals surface area contributed by atoms with Crippen molar-refractivity contribution in [1.29, 1.82) is 0 Å². The van der Waals surface area contributed by atoms with Crippen molar-refractivity contribution in [2.24, 2.45) is 0 Å². The molecule has 0 aliphatic carbocycles. The van der Waals surface area contributed by atoms with Crippen LogP contribution in [0.4, 0.5) is 0 Å². The molecule has 4 rings (SSSR count). The maximum Gasteiger partial charge on any atom is 0.269 e. The van der Waals surface area contributed by atoms with Gasteiger partial charge in [0, 0.05) is 23.7 Å². The highest BCUT2D eigenvalue weighted by Crippen LogP contribution is 2.32. The normalized spacial score (nSPS) is 10.6. The Kier molecular flexibility index (Phi) is 7.64. The molecular weight excluding hydrogens is 462 g/mol. The molecule has 36 heavy (non-hydrogen) atoms. The zero-order valence-electron chi connectivity index (χ0n) is 20.3. The van der Waals surface area contributed by atoms with E-state index < -0.39 is 0 Å². The molecule has 10 nitrogen and oxygen atoms in total. The van der Waals surface area contributed by atoms with E-state index in [9.17, 15) is 9.59 Å². The maximum absolute atomic E-state index is 12.7. The number of benzene rings is 2. The van der Waals surface area contributed by atoms with Gasteiger partial charge in [0.1, 0.15) is 22.9 Å². The minimum Gasteiger partial charge on any atom is -0.497 e. The number of H-pyrrole nitrogens is 1. The number of carbonyl (C=O) groups is 1. The number of carbonyl (C=O) groups excluding carboxylic acids is 1. The summed E-state index contributed by atoms with van der Waals surface area (Å²) in [7, 11) is 3.13. The van der Waals surface area contributed by atoms with Gasteiger partial charge in [-0.1, -0.05) is 0 Å².